The van der Waals surface area contributed by atoms with Crippen molar-refractivity contribution >= 4 is 11.8 Å². The molecule has 2 rings (SSSR count). The van der Waals surface area contributed by atoms with Gasteiger partial charge >= 0.3 is 5.97 Å². The van der Waals surface area contributed by atoms with E-state index in [2.05, 4.69) is 6.58 Å². The van der Waals surface area contributed by atoms with Gasteiger partial charge in [-0.15, -0.1) is 0 Å². The zero-order valence-electron chi connectivity index (χ0n) is 11.0. The van der Waals surface area contributed by atoms with Crippen LogP contribution in [0.1, 0.15) is 21.5 Å². The lowest BCUT2D eigenvalue weighted by atomic mass is 9.84. The maximum atomic E-state index is 13.5. The Kier molecular flexibility index (Phi) is 3.70. The predicted octanol–water partition coefficient (Wildman–Crippen LogP) is 2.71. The summed E-state index contributed by atoms with van der Waals surface area (Å²) in [6.45, 7) is 4.81. The van der Waals surface area contributed by atoms with Gasteiger partial charge in [0.05, 0.1) is 0 Å². The van der Waals surface area contributed by atoms with E-state index in [0.29, 0.717) is 11.1 Å². The van der Waals surface area contributed by atoms with Crippen LogP contribution in [-0.4, -0.2) is 24.8 Å². The summed E-state index contributed by atoms with van der Waals surface area (Å²) in [5, 5.41) is 0. The van der Waals surface area contributed by atoms with Crippen molar-refractivity contribution in [1.82, 2.24) is 0 Å². The maximum absolute atomic E-state index is 13.5. The molecule has 1 unspecified atom stereocenters. The smallest absolute Gasteiger partial charge is 0.326 e. The van der Waals surface area contributed by atoms with Gasteiger partial charge in [-0.05, 0) is 18.1 Å². The second-order valence-corrected chi connectivity index (χ2v) is 4.77. The molecule has 1 aromatic rings. The van der Waals surface area contributed by atoms with Gasteiger partial charge in [0, 0.05) is 12.0 Å². The molecule has 1 aliphatic carbocycles. The van der Waals surface area contributed by atoms with Crippen LogP contribution in [0.4, 0.5) is 8.78 Å². The molecule has 106 valence electrons. The number of hydrogen-bond acceptors (Lipinski definition) is 3. The van der Waals surface area contributed by atoms with Gasteiger partial charge in [0.2, 0.25) is 0 Å². The Morgan fingerprint density at radius 2 is 2.25 bits per heavy atom. The van der Waals surface area contributed by atoms with Crippen LogP contribution in [0, 0.1) is 12.3 Å². The molecule has 20 heavy (non-hydrogen) atoms. The number of alkyl halides is 2. The lowest BCUT2D eigenvalue weighted by Gasteiger charge is -2.23. The number of ketones is 1. The van der Waals surface area contributed by atoms with Crippen molar-refractivity contribution in [3.8, 4) is 0 Å². The molecule has 1 aliphatic rings. The van der Waals surface area contributed by atoms with Gasteiger partial charge in [0.25, 0.3) is 6.43 Å². The Labute approximate surface area is 115 Å². The van der Waals surface area contributed by atoms with E-state index in [0.717, 1.165) is 0 Å². The first-order valence-electron chi connectivity index (χ1n) is 6.14. The number of fused-ring (bicyclic) bond motifs is 1. The molecule has 3 nitrogen and oxygen atoms in total. The molecule has 0 saturated carbocycles. The van der Waals surface area contributed by atoms with Crippen molar-refractivity contribution < 1.29 is 23.1 Å². The fourth-order valence-electron chi connectivity index (χ4n) is 2.50. The number of rotatable bonds is 4. The number of carbonyl (C=O) groups is 2. The van der Waals surface area contributed by atoms with Crippen molar-refractivity contribution in [2.45, 2.75) is 19.8 Å². The topological polar surface area (TPSA) is 43.4 Å². The summed E-state index contributed by atoms with van der Waals surface area (Å²) in [5.74, 6) is -2.04. The molecule has 0 spiro atoms. The third-order valence-electron chi connectivity index (χ3n) is 3.53. The first kappa shape index (κ1) is 14.4. The van der Waals surface area contributed by atoms with Crippen LogP contribution in [-0.2, 0) is 16.0 Å². The molecule has 0 radical (unpaired) electrons. The number of aryl methyl sites for hydroxylation is 1. The normalized spacial score (nSPS) is 20.9. The number of benzene rings is 1. The summed E-state index contributed by atoms with van der Waals surface area (Å²) in [6.07, 6.45) is -2.16. The molecule has 0 fully saturated rings. The molecular formula is C15H14F2O3. The molecule has 1 atom stereocenters. The Bertz CT molecular complexity index is 580. The molecule has 0 aromatic heterocycles. The van der Waals surface area contributed by atoms with Gasteiger partial charge in [0.15, 0.2) is 11.2 Å². The predicted molar refractivity (Wildman–Crippen MR) is 68.8 cm³/mol. The number of esters is 1. The molecule has 0 amide bonds. The van der Waals surface area contributed by atoms with Crippen molar-refractivity contribution in [2.75, 3.05) is 6.61 Å². The van der Waals surface area contributed by atoms with Gasteiger partial charge in [-0.1, -0.05) is 30.9 Å². The monoisotopic (exact) mass is 280 g/mol. The third-order valence-corrected chi connectivity index (χ3v) is 3.53. The van der Waals surface area contributed by atoms with Gasteiger partial charge in [-0.2, -0.15) is 0 Å². The van der Waals surface area contributed by atoms with Crippen LogP contribution in [0.25, 0.3) is 0 Å². The third kappa shape index (κ3) is 1.94. The van der Waals surface area contributed by atoms with E-state index >= 15 is 0 Å². The Morgan fingerprint density at radius 1 is 1.55 bits per heavy atom. The van der Waals surface area contributed by atoms with Gasteiger partial charge in [-0.25, -0.2) is 8.78 Å². The maximum Gasteiger partial charge on any atom is 0.326 e. The van der Waals surface area contributed by atoms with Crippen molar-refractivity contribution in [3.63, 3.8) is 0 Å². The first-order valence-corrected chi connectivity index (χ1v) is 6.14. The second-order valence-electron chi connectivity index (χ2n) is 4.77. The van der Waals surface area contributed by atoms with Crippen LogP contribution < -0.4 is 0 Å². The molecule has 0 bridgehead atoms. The van der Waals surface area contributed by atoms with E-state index in [1.165, 1.54) is 6.08 Å². The van der Waals surface area contributed by atoms with Gasteiger partial charge in [0.1, 0.15) is 6.61 Å². The van der Waals surface area contributed by atoms with Gasteiger partial charge < -0.3 is 4.74 Å². The molecule has 0 heterocycles. The molecule has 5 heteroatoms. The minimum Gasteiger partial charge on any atom is -0.461 e. The van der Waals surface area contributed by atoms with Crippen LogP contribution >= 0.6 is 0 Å². The van der Waals surface area contributed by atoms with Crippen LogP contribution in [0.3, 0.4) is 0 Å². The van der Waals surface area contributed by atoms with Crippen molar-refractivity contribution in [1.29, 1.82) is 0 Å². The Hall–Kier alpha value is -2.04. The minimum absolute atomic E-state index is 0.199. The Balaban J connectivity index is 2.48. The largest absolute Gasteiger partial charge is 0.461 e. The standard InChI is InChI=1S/C15H14F2O3/c1-3-7-20-14(19)15(13(16)17)8-10-6-4-5-9(2)11(10)12(15)18/h3-6,13H,1,7-8H2,2H3. The van der Waals surface area contributed by atoms with E-state index in [-0.39, 0.29) is 18.6 Å². The van der Waals surface area contributed by atoms with Crippen molar-refractivity contribution in [3.05, 3.63) is 47.5 Å². The summed E-state index contributed by atoms with van der Waals surface area (Å²) in [6, 6.07) is 4.93. The number of ether oxygens (including phenoxy) is 1. The molecule has 0 N–H and O–H groups in total. The van der Waals surface area contributed by atoms with Crippen LogP contribution in [0.15, 0.2) is 30.9 Å². The lowest BCUT2D eigenvalue weighted by molar-refractivity contribution is -0.159. The number of carbonyl (C=O) groups excluding carboxylic acids is 2. The number of Topliss-reactive ketones (excluding diaryl/α,β-unsaturated/α-hetero) is 1. The summed E-state index contributed by atoms with van der Waals surface area (Å²) in [4.78, 5) is 24.4. The highest BCUT2D eigenvalue weighted by Gasteiger charge is 2.59. The number of hydrogen-bond donors (Lipinski definition) is 0. The molecular weight excluding hydrogens is 266 g/mol. The average Bonchev–Trinajstić information content (AvgIpc) is 2.71. The highest BCUT2D eigenvalue weighted by molar-refractivity contribution is 6.17. The summed E-state index contributed by atoms with van der Waals surface area (Å²) >= 11 is 0. The molecule has 0 saturated heterocycles. The lowest BCUT2D eigenvalue weighted by Crippen LogP contribution is -2.45. The highest BCUT2D eigenvalue weighted by atomic mass is 19.3. The zero-order chi connectivity index (χ0) is 14.9. The fourth-order valence-corrected chi connectivity index (χ4v) is 2.50. The van der Waals surface area contributed by atoms with E-state index in [1.807, 2.05) is 0 Å². The average molecular weight is 280 g/mol. The summed E-state index contributed by atoms with van der Waals surface area (Å²) < 4.78 is 31.7. The summed E-state index contributed by atoms with van der Waals surface area (Å²) in [5.41, 5.74) is -1.15. The fraction of sp³-hybridized carbons (Fsp3) is 0.333. The second kappa shape index (κ2) is 5.15. The van der Waals surface area contributed by atoms with E-state index in [4.69, 9.17) is 4.74 Å². The number of halogens is 2. The van der Waals surface area contributed by atoms with Crippen LogP contribution in [0.5, 0.6) is 0 Å². The molecule has 0 aliphatic heterocycles. The van der Waals surface area contributed by atoms with E-state index in [1.54, 1.807) is 25.1 Å². The molecule has 1 aromatic carbocycles. The highest BCUT2D eigenvalue weighted by Crippen LogP contribution is 2.43. The van der Waals surface area contributed by atoms with Gasteiger partial charge in [-0.3, -0.25) is 9.59 Å². The van der Waals surface area contributed by atoms with Crippen molar-refractivity contribution in [2.24, 2.45) is 5.41 Å². The SMILES string of the molecule is C=CCOC(=O)C1(C(F)F)Cc2cccc(C)c2C1=O. The Morgan fingerprint density at radius 3 is 2.80 bits per heavy atom. The first-order chi connectivity index (χ1) is 9.45. The van der Waals surface area contributed by atoms with Crippen LogP contribution in [0.2, 0.25) is 0 Å². The summed E-state index contributed by atoms with van der Waals surface area (Å²) in [7, 11) is 0. The van der Waals surface area contributed by atoms with E-state index < -0.39 is 23.6 Å². The minimum atomic E-state index is -3.11. The zero-order valence-corrected chi connectivity index (χ0v) is 11.0. The van der Waals surface area contributed by atoms with E-state index in [9.17, 15) is 18.4 Å². The quantitative estimate of drug-likeness (QED) is 0.484.